The van der Waals surface area contributed by atoms with Crippen LogP contribution in [0.1, 0.15) is 60.3 Å². The van der Waals surface area contributed by atoms with Crippen molar-refractivity contribution >= 4 is 0 Å². The van der Waals surface area contributed by atoms with E-state index in [1.54, 1.807) is 0 Å². The normalized spacial score (nSPS) is 33.9. The highest BCUT2D eigenvalue weighted by Gasteiger charge is 2.11. The average Bonchev–Trinajstić information content (AvgIpc) is 2.45. The summed E-state index contributed by atoms with van der Waals surface area (Å²) in [6.07, 6.45) is 16.2. The van der Waals surface area contributed by atoms with E-state index in [0.717, 1.165) is 19.3 Å². The molecule has 1 aliphatic rings. The molecular formula is C21H34O. The summed E-state index contributed by atoms with van der Waals surface area (Å²) in [5.74, 6) is 1.33. The first-order valence-electron chi connectivity index (χ1n) is 8.63. The first-order chi connectivity index (χ1) is 10.4. The fourth-order valence-corrected chi connectivity index (χ4v) is 2.85. The molecule has 0 saturated carbocycles. The van der Waals surface area contributed by atoms with Crippen molar-refractivity contribution in [2.24, 2.45) is 11.8 Å². The van der Waals surface area contributed by atoms with Gasteiger partial charge in [0.1, 0.15) is 0 Å². The standard InChI is InChI=1S/C21H34O/c1-16(2)20-12-10-17(3)8-7-9-18(4)14-21(22-6)15-19(5)11-13-20/h8-10,12,15-16,20-21H,7,11,13-14H2,1-6H3/b12-10+,17-8-,18-9+,19-15+/t20-,21+/m0/s1. The monoisotopic (exact) mass is 302 g/mol. The minimum absolute atomic E-state index is 0.206. The Labute approximate surface area is 137 Å². The smallest absolute Gasteiger partial charge is 0.0791 e. The van der Waals surface area contributed by atoms with E-state index in [4.69, 9.17) is 4.74 Å². The zero-order valence-corrected chi connectivity index (χ0v) is 15.4. The van der Waals surface area contributed by atoms with Crippen molar-refractivity contribution in [1.29, 1.82) is 0 Å². The second-order valence-corrected chi connectivity index (χ2v) is 7.03. The van der Waals surface area contributed by atoms with Gasteiger partial charge in [-0.1, -0.05) is 60.9 Å². The van der Waals surface area contributed by atoms with E-state index in [1.807, 2.05) is 7.11 Å². The van der Waals surface area contributed by atoms with Gasteiger partial charge in [0.15, 0.2) is 0 Å². The minimum Gasteiger partial charge on any atom is -0.377 e. The molecule has 0 spiro atoms. The van der Waals surface area contributed by atoms with Crippen molar-refractivity contribution in [2.45, 2.75) is 66.4 Å². The summed E-state index contributed by atoms with van der Waals surface area (Å²) in [6.45, 7) is 11.3. The molecule has 1 heteroatoms. The lowest BCUT2D eigenvalue weighted by Gasteiger charge is -2.18. The Kier molecular flexibility index (Phi) is 8.48. The SMILES string of the molecule is CO[C@H]1/C=C(\C)CC[C@@H](C(C)C)/C=C/C(C)=C\C/C=C(\C)C1. The first-order valence-corrected chi connectivity index (χ1v) is 8.63. The summed E-state index contributed by atoms with van der Waals surface area (Å²) in [5, 5.41) is 0. The van der Waals surface area contributed by atoms with Gasteiger partial charge in [-0.05, 0) is 58.3 Å². The van der Waals surface area contributed by atoms with Gasteiger partial charge in [0.25, 0.3) is 0 Å². The van der Waals surface area contributed by atoms with E-state index in [1.165, 1.54) is 23.1 Å². The molecule has 0 bridgehead atoms. The minimum atomic E-state index is 0.206. The van der Waals surface area contributed by atoms with E-state index in [0.29, 0.717) is 11.8 Å². The van der Waals surface area contributed by atoms with Crippen LogP contribution in [0.5, 0.6) is 0 Å². The molecule has 0 heterocycles. The van der Waals surface area contributed by atoms with Gasteiger partial charge in [0.2, 0.25) is 0 Å². The number of methoxy groups -OCH3 is 1. The summed E-state index contributed by atoms with van der Waals surface area (Å²) >= 11 is 0. The molecule has 22 heavy (non-hydrogen) atoms. The summed E-state index contributed by atoms with van der Waals surface area (Å²) in [7, 11) is 1.81. The van der Waals surface area contributed by atoms with Crippen LogP contribution in [0.2, 0.25) is 0 Å². The topological polar surface area (TPSA) is 9.23 Å². The highest BCUT2D eigenvalue weighted by molar-refractivity contribution is 5.19. The van der Waals surface area contributed by atoms with Gasteiger partial charge in [-0.3, -0.25) is 0 Å². The van der Waals surface area contributed by atoms with Gasteiger partial charge < -0.3 is 4.74 Å². The van der Waals surface area contributed by atoms with Gasteiger partial charge in [-0.15, -0.1) is 0 Å². The Morgan fingerprint density at radius 1 is 1.09 bits per heavy atom. The van der Waals surface area contributed by atoms with Crippen molar-refractivity contribution in [3.05, 3.63) is 47.1 Å². The second-order valence-electron chi connectivity index (χ2n) is 7.03. The molecule has 1 nitrogen and oxygen atoms in total. The molecule has 0 unspecified atom stereocenters. The number of rotatable bonds is 2. The van der Waals surface area contributed by atoms with Crippen LogP contribution >= 0.6 is 0 Å². The molecule has 0 aromatic carbocycles. The number of hydrogen-bond donors (Lipinski definition) is 0. The third kappa shape index (κ3) is 7.26. The van der Waals surface area contributed by atoms with Gasteiger partial charge in [0.05, 0.1) is 6.10 Å². The fourth-order valence-electron chi connectivity index (χ4n) is 2.85. The van der Waals surface area contributed by atoms with Crippen molar-refractivity contribution in [2.75, 3.05) is 7.11 Å². The van der Waals surface area contributed by atoms with Crippen molar-refractivity contribution in [3.8, 4) is 0 Å². The first kappa shape index (κ1) is 19.0. The van der Waals surface area contributed by atoms with Crippen LogP contribution in [-0.2, 0) is 4.74 Å². The molecule has 0 aliphatic heterocycles. The van der Waals surface area contributed by atoms with Crippen LogP contribution in [0, 0.1) is 11.8 Å². The lowest BCUT2D eigenvalue weighted by atomic mass is 9.88. The molecule has 2 atom stereocenters. The maximum Gasteiger partial charge on any atom is 0.0791 e. The highest BCUT2D eigenvalue weighted by Crippen LogP contribution is 2.23. The van der Waals surface area contributed by atoms with E-state index in [-0.39, 0.29) is 6.10 Å². The predicted octanol–water partition coefficient (Wildman–Crippen LogP) is 6.24. The third-order valence-corrected chi connectivity index (χ3v) is 4.54. The van der Waals surface area contributed by atoms with E-state index in [9.17, 15) is 0 Å². The molecule has 0 saturated heterocycles. The van der Waals surface area contributed by atoms with E-state index in [2.05, 4.69) is 65.0 Å². The summed E-state index contributed by atoms with van der Waals surface area (Å²) in [5.41, 5.74) is 4.21. The molecule has 0 amide bonds. The Morgan fingerprint density at radius 2 is 1.82 bits per heavy atom. The number of allylic oxidation sites excluding steroid dienone is 6. The maximum atomic E-state index is 5.64. The van der Waals surface area contributed by atoms with Crippen LogP contribution in [0.25, 0.3) is 0 Å². The van der Waals surface area contributed by atoms with Gasteiger partial charge in [0, 0.05) is 7.11 Å². The van der Waals surface area contributed by atoms with Crippen molar-refractivity contribution < 1.29 is 4.74 Å². The maximum absolute atomic E-state index is 5.64. The van der Waals surface area contributed by atoms with E-state index < -0.39 is 0 Å². The summed E-state index contributed by atoms with van der Waals surface area (Å²) in [4.78, 5) is 0. The fraction of sp³-hybridized carbons (Fsp3) is 0.619. The lowest BCUT2D eigenvalue weighted by molar-refractivity contribution is 0.140. The van der Waals surface area contributed by atoms with Crippen LogP contribution < -0.4 is 0 Å². The molecule has 0 aromatic heterocycles. The molecule has 0 radical (unpaired) electrons. The molecule has 1 aliphatic carbocycles. The zero-order valence-electron chi connectivity index (χ0n) is 15.4. The largest absolute Gasteiger partial charge is 0.377 e. The number of ether oxygens (including phenoxy) is 1. The highest BCUT2D eigenvalue weighted by atomic mass is 16.5. The Bertz CT molecular complexity index is 449. The van der Waals surface area contributed by atoms with Crippen molar-refractivity contribution in [3.63, 3.8) is 0 Å². The van der Waals surface area contributed by atoms with E-state index >= 15 is 0 Å². The van der Waals surface area contributed by atoms with Crippen LogP contribution in [0.4, 0.5) is 0 Å². The third-order valence-electron chi connectivity index (χ3n) is 4.54. The van der Waals surface area contributed by atoms with Crippen LogP contribution in [0.15, 0.2) is 47.1 Å². The molecule has 0 N–H and O–H groups in total. The molecular weight excluding hydrogens is 268 g/mol. The molecule has 124 valence electrons. The van der Waals surface area contributed by atoms with Crippen LogP contribution in [0.3, 0.4) is 0 Å². The number of hydrogen-bond acceptors (Lipinski definition) is 1. The summed E-state index contributed by atoms with van der Waals surface area (Å²) in [6, 6.07) is 0. The van der Waals surface area contributed by atoms with Gasteiger partial charge >= 0.3 is 0 Å². The molecule has 0 aromatic rings. The van der Waals surface area contributed by atoms with Crippen LogP contribution in [-0.4, -0.2) is 13.2 Å². The quantitative estimate of drug-likeness (QED) is 0.548. The van der Waals surface area contributed by atoms with Crippen molar-refractivity contribution in [1.82, 2.24) is 0 Å². The molecule has 1 rings (SSSR count). The molecule has 0 fully saturated rings. The Morgan fingerprint density at radius 3 is 2.45 bits per heavy atom. The second kappa shape index (κ2) is 9.84. The summed E-state index contributed by atoms with van der Waals surface area (Å²) < 4.78 is 5.64. The zero-order chi connectivity index (χ0) is 16.5. The Balaban J connectivity index is 2.98. The Hall–Kier alpha value is -1.08. The lowest BCUT2D eigenvalue weighted by Crippen LogP contribution is -2.10. The van der Waals surface area contributed by atoms with Gasteiger partial charge in [-0.2, -0.15) is 0 Å². The predicted molar refractivity (Wildman–Crippen MR) is 98.0 cm³/mol. The average molecular weight is 303 g/mol. The van der Waals surface area contributed by atoms with Gasteiger partial charge in [-0.25, -0.2) is 0 Å².